The lowest BCUT2D eigenvalue weighted by Gasteiger charge is -2.30. The first-order valence-electron chi connectivity index (χ1n) is 5.83. The molecule has 3 heterocycles. The molecular formula is C11H19NO2. The van der Waals surface area contributed by atoms with Crippen LogP contribution < -0.4 is 0 Å². The summed E-state index contributed by atoms with van der Waals surface area (Å²) in [6.07, 6.45) is 6.22. The van der Waals surface area contributed by atoms with Crippen LogP contribution in [0.25, 0.3) is 0 Å². The van der Waals surface area contributed by atoms with Crippen LogP contribution in [0.15, 0.2) is 0 Å². The molecule has 0 saturated carbocycles. The van der Waals surface area contributed by atoms with Crippen LogP contribution in [-0.4, -0.2) is 47.4 Å². The van der Waals surface area contributed by atoms with Crippen molar-refractivity contribution in [2.24, 2.45) is 0 Å². The van der Waals surface area contributed by atoms with Gasteiger partial charge < -0.3 is 9.84 Å². The maximum absolute atomic E-state index is 10.2. The minimum absolute atomic E-state index is 0.537. The van der Waals surface area contributed by atoms with E-state index in [1.54, 1.807) is 0 Å². The molecule has 3 heteroatoms. The summed E-state index contributed by atoms with van der Waals surface area (Å²) in [5, 5.41) is 10.2. The van der Waals surface area contributed by atoms with E-state index < -0.39 is 5.60 Å². The molecule has 1 atom stereocenters. The molecule has 3 nitrogen and oxygen atoms in total. The summed E-state index contributed by atoms with van der Waals surface area (Å²) in [4.78, 5) is 2.54. The Kier molecular flexibility index (Phi) is 2.08. The topological polar surface area (TPSA) is 32.7 Å². The van der Waals surface area contributed by atoms with Gasteiger partial charge in [0.25, 0.3) is 0 Å². The van der Waals surface area contributed by atoms with Crippen LogP contribution in [0.5, 0.6) is 0 Å². The first-order valence-corrected chi connectivity index (χ1v) is 5.83. The second kappa shape index (κ2) is 3.19. The van der Waals surface area contributed by atoms with E-state index in [2.05, 4.69) is 4.90 Å². The third kappa shape index (κ3) is 1.38. The molecule has 2 bridgehead atoms. The Morgan fingerprint density at radius 2 is 1.86 bits per heavy atom. The van der Waals surface area contributed by atoms with Crippen LogP contribution in [0.3, 0.4) is 0 Å². The molecule has 3 aliphatic rings. The van der Waals surface area contributed by atoms with Crippen molar-refractivity contribution in [2.75, 3.05) is 19.8 Å². The van der Waals surface area contributed by atoms with E-state index in [4.69, 9.17) is 4.74 Å². The van der Waals surface area contributed by atoms with Gasteiger partial charge in [0.05, 0.1) is 6.61 Å². The quantitative estimate of drug-likeness (QED) is 0.709. The number of rotatable bonds is 2. The Bertz CT molecular complexity index is 205. The highest BCUT2D eigenvalue weighted by atomic mass is 16.5. The van der Waals surface area contributed by atoms with Crippen LogP contribution in [0, 0.1) is 0 Å². The summed E-state index contributed by atoms with van der Waals surface area (Å²) in [6.45, 7) is 2.13. The molecule has 3 fully saturated rings. The van der Waals surface area contributed by atoms with Crippen molar-refractivity contribution in [2.45, 2.75) is 49.8 Å². The Morgan fingerprint density at radius 1 is 1.21 bits per heavy atom. The van der Waals surface area contributed by atoms with Crippen LogP contribution in [-0.2, 0) is 4.74 Å². The smallest absolute Gasteiger partial charge is 0.103 e. The van der Waals surface area contributed by atoms with Gasteiger partial charge in [-0.3, -0.25) is 4.90 Å². The van der Waals surface area contributed by atoms with Crippen molar-refractivity contribution >= 4 is 0 Å². The van der Waals surface area contributed by atoms with E-state index in [-0.39, 0.29) is 0 Å². The number of nitrogens with zero attached hydrogens (tertiary/aromatic N) is 1. The molecule has 1 N–H and O–H groups in total. The lowest BCUT2D eigenvalue weighted by Crippen LogP contribution is -2.45. The molecule has 0 radical (unpaired) electrons. The highest BCUT2D eigenvalue weighted by Gasteiger charge is 2.44. The summed E-state index contributed by atoms with van der Waals surface area (Å²) < 4.78 is 5.28. The molecule has 80 valence electrons. The fraction of sp³-hybridized carbons (Fsp3) is 1.00. The van der Waals surface area contributed by atoms with Crippen molar-refractivity contribution in [1.82, 2.24) is 4.90 Å². The molecule has 0 aromatic heterocycles. The molecule has 14 heavy (non-hydrogen) atoms. The lowest BCUT2D eigenvalue weighted by atomic mass is 10.0. The highest BCUT2D eigenvalue weighted by Crippen LogP contribution is 2.39. The zero-order valence-electron chi connectivity index (χ0n) is 8.61. The SMILES string of the molecule is OC1(CN2C3CCC2CC3)CCOC1. The fourth-order valence-corrected chi connectivity index (χ4v) is 3.34. The zero-order valence-corrected chi connectivity index (χ0v) is 8.61. The van der Waals surface area contributed by atoms with Crippen LogP contribution >= 0.6 is 0 Å². The standard InChI is InChI=1S/C11H19NO2/c13-11(5-6-14-8-11)7-12-9-1-2-10(12)4-3-9/h9-10,13H,1-8H2. The predicted molar refractivity (Wildman–Crippen MR) is 53.1 cm³/mol. The average molecular weight is 197 g/mol. The second-order valence-electron chi connectivity index (χ2n) is 5.16. The molecular weight excluding hydrogens is 178 g/mol. The van der Waals surface area contributed by atoms with Crippen molar-refractivity contribution in [3.05, 3.63) is 0 Å². The number of fused-ring (bicyclic) bond motifs is 2. The normalized spacial score (nSPS) is 47.8. The first-order chi connectivity index (χ1) is 6.77. The van der Waals surface area contributed by atoms with Gasteiger partial charge in [-0.05, 0) is 25.7 Å². The molecule has 0 amide bonds. The van der Waals surface area contributed by atoms with Gasteiger partial charge in [-0.25, -0.2) is 0 Å². The maximum Gasteiger partial charge on any atom is 0.103 e. The Hall–Kier alpha value is -0.120. The lowest BCUT2D eigenvalue weighted by molar-refractivity contribution is -0.00883. The molecule has 0 aromatic carbocycles. The summed E-state index contributed by atoms with van der Waals surface area (Å²) >= 11 is 0. The fourth-order valence-electron chi connectivity index (χ4n) is 3.34. The van der Waals surface area contributed by atoms with E-state index in [1.807, 2.05) is 0 Å². The average Bonchev–Trinajstić information content (AvgIpc) is 2.85. The minimum Gasteiger partial charge on any atom is -0.386 e. The van der Waals surface area contributed by atoms with Gasteiger partial charge in [0.2, 0.25) is 0 Å². The van der Waals surface area contributed by atoms with Crippen LogP contribution in [0.1, 0.15) is 32.1 Å². The Balaban J connectivity index is 1.67. The molecule has 0 aromatic rings. The molecule has 3 aliphatic heterocycles. The van der Waals surface area contributed by atoms with Gasteiger partial charge in [0.1, 0.15) is 5.60 Å². The zero-order chi connectivity index (χ0) is 9.60. The van der Waals surface area contributed by atoms with Crippen LogP contribution in [0.4, 0.5) is 0 Å². The Morgan fingerprint density at radius 3 is 2.36 bits per heavy atom. The molecule has 1 unspecified atom stereocenters. The van der Waals surface area contributed by atoms with Gasteiger partial charge in [-0.1, -0.05) is 0 Å². The Labute approximate surface area is 85.0 Å². The summed E-state index contributed by atoms with van der Waals surface area (Å²) in [5.41, 5.74) is -0.537. The number of hydrogen-bond donors (Lipinski definition) is 1. The van der Waals surface area contributed by atoms with E-state index in [0.29, 0.717) is 6.61 Å². The molecule has 3 rings (SSSR count). The van der Waals surface area contributed by atoms with E-state index in [0.717, 1.165) is 31.7 Å². The van der Waals surface area contributed by atoms with Crippen LogP contribution in [0.2, 0.25) is 0 Å². The predicted octanol–water partition coefficient (Wildman–Crippen LogP) is 0.765. The monoisotopic (exact) mass is 197 g/mol. The highest BCUT2D eigenvalue weighted by molar-refractivity contribution is 4.99. The van der Waals surface area contributed by atoms with E-state index in [9.17, 15) is 5.11 Å². The van der Waals surface area contributed by atoms with Gasteiger partial charge in [-0.15, -0.1) is 0 Å². The van der Waals surface area contributed by atoms with Gasteiger partial charge >= 0.3 is 0 Å². The number of aliphatic hydroxyl groups is 1. The third-order valence-corrected chi connectivity index (χ3v) is 4.16. The van der Waals surface area contributed by atoms with Crippen molar-refractivity contribution in [3.8, 4) is 0 Å². The molecule has 3 saturated heterocycles. The summed E-state index contributed by atoms with van der Waals surface area (Å²) in [6, 6.07) is 1.54. The first kappa shape index (κ1) is 9.13. The third-order valence-electron chi connectivity index (χ3n) is 4.16. The van der Waals surface area contributed by atoms with Crippen molar-refractivity contribution in [1.29, 1.82) is 0 Å². The number of hydrogen-bond acceptors (Lipinski definition) is 3. The van der Waals surface area contributed by atoms with Crippen molar-refractivity contribution in [3.63, 3.8) is 0 Å². The molecule has 0 spiro atoms. The van der Waals surface area contributed by atoms with E-state index >= 15 is 0 Å². The van der Waals surface area contributed by atoms with Gasteiger partial charge in [-0.2, -0.15) is 0 Å². The maximum atomic E-state index is 10.2. The van der Waals surface area contributed by atoms with Gasteiger partial charge in [0, 0.05) is 31.7 Å². The van der Waals surface area contributed by atoms with Gasteiger partial charge in [0.15, 0.2) is 0 Å². The minimum atomic E-state index is -0.537. The number of ether oxygens (including phenoxy) is 1. The van der Waals surface area contributed by atoms with Crippen molar-refractivity contribution < 1.29 is 9.84 Å². The van der Waals surface area contributed by atoms with E-state index in [1.165, 1.54) is 25.7 Å². The summed E-state index contributed by atoms with van der Waals surface area (Å²) in [5.74, 6) is 0. The molecule has 0 aliphatic carbocycles. The summed E-state index contributed by atoms with van der Waals surface area (Å²) in [7, 11) is 0. The largest absolute Gasteiger partial charge is 0.386 e. The second-order valence-corrected chi connectivity index (χ2v) is 5.16.